The first kappa shape index (κ1) is 14.3. The van der Waals surface area contributed by atoms with E-state index in [9.17, 15) is 4.79 Å². The molecule has 0 spiro atoms. The lowest BCUT2D eigenvalue weighted by Gasteiger charge is -2.23. The molecule has 1 aromatic carbocycles. The van der Waals surface area contributed by atoms with Crippen molar-refractivity contribution < 1.29 is 9.53 Å². The first-order valence-electron chi connectivity index (χ1n) is 8.29. The average Bonchev–Trinajstić information content (AvgIpc) is 3.18. The minimum absolute atomic E-state index is 0.0392. The second-order valence-corrected chi connectivity index (χ2v) is 6.47. The Kier molecular flexibility index (Phi) is 3.56. The predicted octanol–water partition coefficient (Wildman–Crippen LogP) is 3.22. The number of nitrogens with zero attached hydrogens (tertiary/aromatic N) is 2. The molecule has 4 rings (SSSR count). The fourth-order valence-electron chi connectivity index (χ4n) is 3.62. The van der Waals surface area contributed by atoms with Crippen molar-refractivity contribution in [3.63, 3.8) is 0 Å². The molecular formula is C18H21N3O2. The van der Waals surface area contributed by atoms with Gasteiger partial charge >= 0.3 is 0 Å². The molecular weight excluding hydrogens is 290 g/mol. The van der Waals surface area contributed by atoms with E-state index in [0.29, 0.717) is 12.5 Å². The van der Waals surface area contributed by atoms with Crippen LogP contribution in [-0.4, -0.2) is 21.8 Å². The van der Waals surface area contributed by atoms with Gasteiger partial charge in [-0.3, -0.25) is 9.48 Å². The molecule has 2 heterocycles. The molecule has 5 heteroatoms. The normalized spacial score (nSPS) is 21.1. The summed E-state index contributed by atoms with van der Waals surface area (Å²) >= 11 is 0. The summed E-state index contributed by atoms with van der Waals surface area (Å²) in [6, 6.07) is 8.20. The molecule has 2 aliphatic rings. The lowest BCUT2D eigenvalue weighted by atomic mass is 9.87. The summed E-state index contributed by atoms with van der Waals surface area (Å²) in [4.78, 5) is 12.0. The van der Waals surface area contributed by atoms with E-state index in [4.69, 9.17) is 4.74 Å². The van der Waals surface area contributed by atoms with E-state index in [1.54, 1.807) is 4.68 Å². The minimum Gasteiger partial charge on any atom is -0.490 e. The number of hydrogen-bond acceptors (Lipinski definition) is 3. The molecule has 0 radical (unpaired) electrons. The third kappa shape index (κ3) is 2.71. The van der Waals surface area contributed by atoms with Crippen molar-refractivity contribution in [2.45, 2.75) is 44.1 Å². The zero-order chi connectivity index (χ0) is 15.8. The van der Waals surface area contributed by atoms with Crippen LogP contribution in [-0.2, 0) is 11.8 Å². The Labute approximate surface area is 135 Å². The summed E-state index contributed by atoms with van der Waals surface area (Å²) in [5, 5.41) is 7.18. The Hall–Kier alpha value is -2.30. The third-order valence-electron chi connectivity index (χ3n) is 4.88. The van der Waals surface area contributed by atoms with E-state index in [1.807, 2.05) is 25.4 Å². The van der Waals surface area contributed by atoms with Gasteiger partial charge in [-0.1, -0.05) is 12.1 Å². The van der Waals surface area contributed by atoms with Crippen LogP contribution in [0.25, 0.3) is 0 Å². The molecule has 0 bridgehead atoms. The van der Waals surface area contributed by atoms with E-state index in [2.05, 4.69) is 22.5 Å². The van der Waals surface area contributed by atoms with Gasteiger partial charge in [-0.25, -0.2) is 0 Å². The summed E-state index contributed by atoms with van der Waals surface area (Å²) in [6.45, 7) is 0. The van der Waals surface area contributed by atoms with Crippen molar-refractivity contribution in [2.75, 3.05) is 5.32 Å². The van der Waals surface area contributed by atoms with Gasteiger partial charge in [-0.15, -0.1) is 0 Å². The van der Waals surface area contributed by atoms with Crippen molar-refractivity contribution >= 4 is 11.7 Å². The van der Waals surface area contributed by atoms with Gasteiger partial charge < -0.3 is 10.1 Å². The van der Waals surface area contributed by atoms with Gasteiger partial charge in [0.2, 0.25) is 5.91 Å². The number of hydrogen-bond donors (Lipinski definition) is 1. The number of carbonyl (C=O) groups is 1. The number of aromatic nitrogens is 2. The van der Waals surface area contributed by atoms with Crippen molar-refractivity contribution in [1.82, 2.24) is 9.78 Å². The van der Waals surface area contributed by atoms with Gasteiger partial charge in [-0.05, 0) is 43.4 Å². The third-order valence-corrected chi connectivity index (χ3v) is 4.88. The Morgan fingerprint density at radius 1 is 1.22 bits per heavy atom. The molecule has 1 N–H and O–H groups in total. The van der Waals surface area contributed by atoms with Crippen LogP contribution in [0.5, 0.6) is 5.75 Å². The molecule has 0 saturated heterocycles. The van der Waals surface area contributed by atoms with Crippen LogP contribution in [0.1, 0.15) is 49.1 Å². The SMILES string of the molecule is Cn1ncc2c1NC(=O)C[C@@H]2c1ccc(OC2CCCC2)cc1. The van der Waals surface area contributed by atoms with E-state index in [1.165, 1.54) is 12.8 Å². The highest BCUT2D eigenvalue weighted by Crippen LogP contribution is 2.37. The zero-order valence-corrected chi connectivity index (χ0v) is 13.3. The fraction of sp³-hybridized carbons (Fsp3) is 0.444. The average molecular weight is 311 g/mol. The van der Waals surface area contributed by atoms with Gasteiger partial charge in [0.15, 0.2) is 0 Å². The zero-order valence-electron chi connectivity index (χ0n) is 13.3. The Morgan fingerprint density at radius 2 is 1.96 bits per heavy atom. The number of aryl methyl sites for hydroxylation is 1. The van der Waals surface area contributed by atoms with Gasteiger partial charge in [0.05, 0.1) is 12.3 Å². The van der Waals surface area contributed by atoms with E-state index in [0.717, 1.165) is 35.5 Å². The van der Waals surface area contributed by atoms with Crippen LogP contribution in [0.2, 0.25) is 0 Å². The lowest BCUT2D eigenvalue weighted by Crippen LogP contribution is -2.24. The van der Waals surface area contributed by atoms with Crippen molar-refractivity contribution in [1.29, 1.82) is 0 Å². The number of anilines is 1. The standard InChI is InChI=1S/C18H21N3O2/c1-21-18-16(11-19-21)15(10-17(22)20-18)12-6-8-14(9-7-12)23-13-4-2-3-5-13/h6-9,11,13,15H,2-5,10H2,1H3,(H,20,22)/t15-/m1/s1. The highest BCUT2D eigenvalue weighted by Gasteiger charge is 2.29. The van der Waals surface area contributed by atoms with Crippen molar-refractivity contribution in [3.8, 4) is 5.75 Å². The smallest absolute Gasteiger partial charge is 0.226 e. The van der Waals surface area contributed by atoms with Crippen LogP contribution in [0.15, 0.2) is 30.5 Å². The van der Waals surface area contributed by atoms with E-state index < -0.39 is 0 Å². The molecule has 0 unspecified atom stereocenters. The molecule has 1 aromatic heterocycles. The molecule has 120 valence electrons. The van der Waals surface area contributed by atoms with Crippen molar-refractivity contribution in [2.24, 2.45) is 7.05 Å². The van der Waals surface area contributed by atoms with Crippen molar-refractivity contribution in [3.05, 3.63) is 41.6 Å². The van der Waals surface area contributed by atoms with Crippen LogP contribution in [0, 0.1) is 0 Å². The van der Waals surface area contributed by atoms with Gasteiger partial charge in [-0.2, -0.15) is 5.10 Å². The summed E-state index contributed by atoms with van der Waals surface area (Å²) in [7, 11) is 1.85. The number of fused-ring (bicyclic) bond motifs is 1. The molecule has 1 saturated carbocycles. The van der Waals surface area contributed by atoms with Gasteiger partial charge in [0.1, 0.15) is 11.6 Å². The monoisotopic (exact) mass is 311 g/mol. The summed E-state index contributed by atoms with van der Waals surface area (Å²) < 4.78 is 7.74. The predicted molar refractivity (Wildman–Crippen MR) is 87.6 cm³/mol. The molecule has 1 fully saturated rings. The lowest BCUT2D eigenvalue weighted by molar-refractivity contribution is -0.116. The van der Waals surface area contributed by atoms with Crippen LogP contribution in [0.3, 0.4) is 0 Å². The van der Waals surface area contributed by atoms with Gasteiger partial charge in [0.25, 0.3) is 0 Å². The summed E-state index contributed by atoms with van der Waals surface area (Å²) in [6.07, 6.45) is 7.52. The highest BCUT2D eigenvalue weighted by molar-refractivity contribution is 5.94. The number of rotatable bonds is 3. The van der Waals surface area contributed by atoms with E-state index in [-0.39, 0.29) is 11.8 Å². The molecule has 1 amide bonds. The Morgan fingerprint density at radius 3 is 2.70 bits per heavy atom. The van der Waals surface area contributed by atoms with Gasteiger partial charge in [0, 0.05) is 24.9 Å². The minimum atomic E-state index is 0.0392. The summed E-state index contributed by atoms with van der Waals surface area (Å²) in [5.74, 6) is 1.83. The van der Waals surface area contributed by atoms with Crippen LogP contribution < -0.4 is 10.1 Å². The maximum atomic E-state index is 12.0. The molecule has 1 atom stereocenters. The second kappa shape index (κ2) is 5.72. The number of benzene rings is 1. The van der Waals surface area contributed by atoms with Crippen LogP contribution >= 0.6 is 0 Å². The summed E-state index contributed by atoms with van der Waals surface area (Å²) in [5.41, 5.74) is 2.21. The molecule has 5 nitrogen and oxygen atoms in total. The fourth-order valence-corrected chi connectivity index (χ4v) is 3.62. The first-order chi connectivity index (χ1) is 11.2. The highest BCUT2D eigenvalue weighted by atomic mass is 16.5. The van der Waals surface area contributed by atoms with Crippen LogP contribution in [0.4, 0.5) is 5.82 Å². The molecule has 2 aromatic rings. The quantitative estimate of drug-likeness (QED) is 0.947. The Bertz CT molecular complexity index is 714. The molecule has 1 aliphatic carbocycles. The largest absolute Gasteiger partial charge is 0.490 e. The number of ether oxygens (including phenoxy) is 1. The topological polar surface area (TPSA) is 56.2 Å². The Balaban J connectivity index is 1.57. The number of nitrogens with one attached hydrogen (secondary N) is 1. The maximum Gasteiger partial charge on any atom is 0.226 e. The maximum absolute atomic E-state index is 12.0. The first-order valence-corrected chi connectivity index (χ1v) is 8.29. The molecule has 1 aliphatic heterocycles. The number of carbonyl (C=O) groups excluding carboxylic acids is 1. The number of amides is 1. The second-order valence-electron chi connectivity index (χ2n) is 6.47. The van der Waals surface area contributed by atoms with E-state index >= 15 is 0 Å². The molecule has 23 heavy (non-hydrogen) atoms.